The molecule has 1 amide bonds. The van der Waals surface area contributed by atoms with Gasteiger partial charge in [-0.25, -0.2) is 4.98 Å². The number of aromatic amines is 1. The number of hydrogen-bond acceptors (Lipinski definition) is 4. The number of methoxy groups -OCH3 is 1. The molecule has 2 N–H and O–H groups in total. The number of aromatic nitrogens is 2. The van der Waals surface area contributed by atoms with E-state index in [4.69, 9.17) is 21.3 Å². The fourth-order valence-electron chi connectivity index (χ4n) is 3.45. The predicted molar refractivity (Wildman–Crippen MR) is 134 cm³/mol. The Kier molecular flexibility index (Phi) is 7.37. The van der Waals surface area contributed by atoms with E-state index in [1.807, 2.05) is 55.5 Å². The highest BCUT2D eigenvalue weighted by Crippen LogP contribution is 2.36. The largest absolute Gasteiger partial charge is 0.495 e. The molecule has 0 radical (unpaired) electrons. The average molecular weight is 478 g/mol. The molecule has 0 aliphatic heterocycles. The van der Waals surface area contributed by atoms with Crippen LogP contribution in [-0.4, -0.2) is 23.0 Å². The van der Waals surface area contributed by atoms with E-state index >= 15 is 0 Å². The highest BCUT2D eigenvalue weighted by Gasteiger charge is 2.24. The van der Waals surface area contributed by atoms with Crippen LogP contribution < -0.4 is 10.1 Å². The number of nitrogens with zero attached hydrogens (tertiary/aromatic N) is 1. The van der Waals surface area contributed by atoms with Gasteiger partial charge in [0.15, 0.2) is 5.16 Å². The maximum atomic E-state index is 13.3. The van der Waals surface area contributed by atoms with Gasteiger partial charge < -0.3 is 15.0 Å². The number of rotatable bonds is 8. The molecule has 0 fully saturated rings. The number of imidazole rings is 1. The van der Waals surface area contributed by atoms with Crippen LogP contribution in [0.1, 0.15) is 27.8 Å². The van der Waals surface area contributed by atoms with Gasteiger partial charge in [0, 0.05) is 17.8 Å². The molecule has 168 valence electrons. The SMILES string of the molecule is COc1ccc(NC(=O)[C@@H](Sc2nc(Cc3ccccc3)c(C)[nH]2)c2ccccc2)cc1Cl. The van der Waals surface area contributed by atoms with Gasteiger partial charge in [-0.1, -0.05) is 84.0 Å². The zero-order valence-corrected chi connectivity index (χ0v) is 19.9. The molecular formula is C26H24ClN3O2S. The number of benzene rings is 3. The molecule has 1 aromatic heterocycles. The van der Waals surface area contributed by atoms with E-state index < -0.39 is 5.25 Å². The second-order valence-corrected chi connectivity index (χ2v) is 9.02. The third-order valence-electron chi connectivity index (χ3n) is 5.17. The summed E-state index contributed by atoms with van der Waals surface area (Å²) in [5.74, 6) is 0.395. The number of ether oxygens (including phenoxy) is 1. The summed E-state index contributed by atoms with van der Waals surface area (Å²) in [4.78, 5) is 21.4. The maximum absolute atomic E-state index is 13.3. The average Bonchev–Trinajstić information content (AvgIpc) is 3.17. The number of halogens is 1. The molecule has 5 nitrogen and oxygen atoms in total. The van der Waals surface area contributed by atoms with E-state index in [1.54, 1.807) is 25.3 Å². The lowest BCUT2D eigenvalue weighted by Gasteiger charge is -2.16. The van der Waals surface area contributed by atoms with Crippen LogP contribution in [0.25, 0.3) is 0 Å². The first-order valence-electron chi connectivity index (χ1n) is 10.5. The fourth-order valence-corrected chi connectivity index (χ4v) is 4.76. The smallest absolute Gasteiger partial charge is 0.242 e. The molecule has 7 heteroatoms. The van der Waals surface area contributed by atoms with Crippen molar-refractivity contribution in [3.63, 3.8) is 0 Å². The van der Waals surface area contributed by atoms with E-state index in [9.17, 15) is 4.79 Å². The van der Waals surface area contributed by atoms with E-state index in [-0.39, 0.29) is 5.91 Å². The number of amides is 1. The minimum absolute atomic E-state index is 0.161. The van der Waals surface area contributed by atoms with Gasteiger partial charge in [-0.3, -0.25) is 4.79 Å². The quantitative estimate of drug-likeness (QED) is 0.286. The van der Waals surface area contributed by atoms with Crippen LogP contribution in [0.2, 0.25) is 5.02 Å². The lowest BCUT2D eigenvalue weighted by molar-refractivity contribution is -0.115. The lowest BCUT2D eigenvalue weighted by Crippen LogP contribution is -2.19. The molecule has 33 heavy (non-hydrogen) atoms. The molecule has 1 heterocycles. The van der Waals surface area contributed by atoms with Crippen molar-refractivity contribution < 1.29 is 9.53 Å². The molecule has 4 aromatic rings. The summed E-state index contributed by atoms with van der Waals surface area (Å²) in [7, 11) is 1.55. The van der Waals surface area contributed by atoms with E-state index in [0.717, 1.165) is 23.4 Å². The monoisotopic (exact) mass is 477 g/mol. The topological polar surface area (TPSA) is 67.0 Å². The molecule has 1 atom stereocenters. The van der Waals surface area contributed by atoms with Gasteiger partial charge in [-0.15, -0.1) is 0 Å². The van der Waals surface area contributed by atoms with E-state index in [0.29, 0.717) is 21.6 Å². The van der Waals surface area contributed by atoms with Gasteiger partial charge >= 0.3 is 0 Å². The Hall–Kier alpha value is -3.22. The van der Waals surface area contributed by atoms with Crippen LogP contribution in [0, 0.1) is 6.92 Å². The molecule has 0 unspecified atom stereocenters. The molecule has 0 saturated carbocycles. The molecule has 0 bridgehead atoms. The summed E-state index contributed by atoms with van der Waals surface area (Å²) in [6.45, 7) is 2.01. The number of carbonyl (C=O) groups excluding carboxylic acids is 1. The first kappa shape index (κ1) is 23.0. The van der Waals surface area contributed by atoms with Crippen LogP contribution in [-0.2, 0) is 11.2 Å². The van der Waals surface area contributed by atoms with Crippen LogP contribution in [0.4, 0.5) is 5.69 Å². The third kappa shape index (κ3) is 5.78. The van der Waals surface area contributed by atoms with E-state index in [1.165, 1.54) is 17.3 Å². The zero-order chi connectivity index (χ0) is 23.2. The molecule has 3 aromatic carbocycles. The molecule has 0 aliphatic carbocycles. The Bertz CT molecular complexity index is 1230. The first-order valence-corrected chi connectivity index (χ1v) is 11.7. The second kappa shape index (κ2) is 10.6. The van der Waals surface area contributed by atoms with Gasteiger partial charge in [0.25, 0.3) is 0 Å². The summed E-state index contributed by atoms with van der Waals surface area (Å²) in [6.07, 6.45) is 0.732. The van der Waals surface area contributed by atoms with Gasteiger partial charge in [-0.05, 0) is 36.2 Å². The molecule has 0 saturated heterocycles. The normalized spacial score (nSPS) is 11.7. The minimum atomic E-state index is -0.498. The molecular weight excluding hydrogens is 454 g/mol. The van der Waals surface area contributed by atoms with Gasteiger partial charge in [0.1, 0.15) is 11.0 Å². The summed E-state index contributed by atoms with van der Waals surface area (Å²) in [5, 5.41) is 3.62. The Labute approximate surface area is 202 Å². The van der Waals surface area contributed by atoms with Crippen molar-refractivity contribution in [1.29, 1.82) is 0 Å². The first-order chi connectivity index (χ1) is 16.0. The van der Waals surface area contributed by atoms with Crippen LogP contribution >= 0.6 is 23.4 Å². The van der Waals surface area contributed by atoms with Gasteiger partial charge in [0.2, 0.25) is 5.91 Å². The summed E-state index contributed by atoms with van der Waals surface area (Å²) < 4.78 is 5.20. The Morgan fingerprint density at radius 2 is 1.79 bits per heavy atom. The van der Waals surface area contributed by atoms with Gasteiger partial charge in [-0.2, -0.15) is 0 Å². The van der Waals surface area contributed by atoms with Crippen molar-refractivity contribution >= 4 is 35.0 Å². The Balaban J connectivity index is 1.56. The Morgan fingerprint density at radius 3 is 2.45 bits per heavy atom. The summed E-state index contributed by atoms with van der Waals surface area (Å²) in [6, 6.07) is 25.1. The third-order valence-corrected chi connectivity index (χ3v) is 6.60. The van der Waals surface area contributed by atoms with Crippen molar-refractivity contribution in [3.8, 4) is 5.75 Å². The van der Waals surface area contributed by atoms with Crippen LogP contribution in [0.3, 0.4) is 0 Å². The molecule has 4 rings (SSSR count). The van der Waals surface area contributed by atoms with Crippen molar-refractivity contribution in [2.75, 3.05) is 12.4 Å². The molecule has 0 aliphatic rings. The standard InChI is InChI=1S/C26H24ClN3O2S/c1-17-22(15-18-9-5-3-6-10-18)30-26(28-17)33-24(19-11-7-4-8-12-19)25(31)29-20-13-14-23(32-2)21(27)16-20/h3-14,16,24H,15H2,1-2H3,(H,28,30)(H,29,31)/t24-/m0/s1. The minimum Gasteiger partial charge on any atom is -0.495 e. The van der Waals surface area contributed by atoms with Crippen LogP contribution in [0.5, 0.6) is 5.75 Å². The van der Waals surface area contributed by atoms with Crippen molar-refractivity contribution in [1.82, 2.24) is 9.97 Å². The highest BCUT2D eigenvalue weighted by atomic mass is 35.5. The highest BCUT2D eigenvalue weighted by molar-refractivity contribution is 8.00. The van der Waals surface area contributed by atoms with Crippen LogP contribution in [0.15, 0.2) is 84.0 Å². The zero-order valence-electron chi connectivity index (χ0n) is 18.3. The molecule has 0 spiro atoms. The van der Waals surface area contributed by atoms with Crippen molar-refractivity contribution in [3.05, 3.63) is 106 Å². The number of thioether (sulfide) groups is 1. The fraction of sp³-hybridized carbons (Fsp3) is 0.154. The number of H-pyrrole nitrogens is 1. The number of anilines is 1. The number of aryl methyl sites for hydroxylation is 1. The van der Waals surface area contributed by atoms with E-state index in [2.05, 4.69) is 22.4 Å². The number of hydrogen-bond donors (Lipinski definition) is 2. The Morgan fingerprint density at radius 1 is 1.09 bits per heavy atom. The maximum Gasteiger partial charge on any atom is 0.242 e. The number of carbonyl (C=O) groups is 1. The second-order valence-electron chi connectivity index (χ2n) is 7.52. The number of nitrogens with one attached hydrogen (secondary N) is 2. The summed E-state index contributed by atoms with van der Waals surface area (Å²) in [5.41, 5.74) is 4.65. The van der Waals surface area contributed by atoms with Crippen molar-refractivity contribution in [2.24, 2.45) is 0 Å². The van der Waals surface area contributed by atoms with Crippen molar-refractivity contribution in [2.45, 2.75) is 23.8 Å². The lowest BCUT2D eigenvalue weighted by atomic mass is 10.1. The summed E-state index contributed by atoms with van der Waals surface area (Å²) >= 11 is 7.62. The van der Waals surface area contributed by atoms with Gasteiger partial charge in [0.05, 0.1) is 17.8 Å². The predicted octanol–water partition coefficient (Wildman–Crippen LogP) is 6.44.